The van der Waals surface area contributed by atoms with Crippen LogP contribution in [0.15, 0.2) is 0 Å². The van der Waals surface area contributed by atoms with E-state index in [1.165, 1.54) is 38.6 Å². The third kappa shape index (κ3) is 2.60. The molecule has 2 heteroatoms. The molecule has 3 saturated carbocycles. The molecule has 0 spiro atoms. The lowest BCUT2D eigenvalue weighted by Crippen LogP contribution is -2.37. The SMILES string of the molecule is CCNC1CCC(N(C)CC2CC3CCC2C3)C1. The van der Waals surface area contributed by atoms with Gasteiger partial charge in [0.05, 0.1) is 0 Å². The minimum absolute atomic E-state index is 0.794. The van der Waals surface area contributed by atoms with Gasteiger partial charge in [-0.1, -0.05) is 13.3 Å². The van der Waals surface area contributed by atoms with Crippen LogP contribution >= 0.6 is 0 Å². The van der Waals surface area contributed by atoms with Crippen molar-refractivity contribution in [2.24, 2.45) is 17.8 Å². The number of nitrogens with zero attached hydrogens (tertiary/aromatic N) is 1. The minimum atomic E-state index is 0.794. The molecule has 0 aromatic carbocycles. The van der Waals surface area contributed by atoms with Gasteiger partial charge in [-0.3, -0.25) is 0 Å². The largest absolute Gasteiger partial charge is 0.314 e. The zero-order valence-electron chi connectivity index (χ0n) is 12.2. The summed E-state index contributed by atoms with van der Waals surface area (Å²) in [6.45, 7) is 4.74. The summed E-state index contributed by atoms with van der Waals surface area (Å²) in [5, 5.41) is 3.62. The highest BCUT2D eigenvalue weighted by Gasteiger charge is 2.40. The normalized spacial score (nSPS) is 43.2. The van der Waals surface area contributed by atoms with Crippen LogP contribution in [0.3, 0.4) is 0 Å². The van der Waals surface area contributed by atoms with E-state index in [2.05, 4.69) is 24.2 Å². The number of hydrogen-bond acceptors (Lipinski definition) is 2. The van der Waals surface area contributed by atoms with Crippen LogP contribution in [-0.4, -0.2) is 37.1 Å². The quantitative estimate of drug-likeness (QED) is 0.807. The molecule has 3 rings (SSSR count). The van der Waals surface area contributed by atoms with Crippen LogP contribution < -0.4 is 5.32 Å². The Bertz CT molecular complexity index is 278. The van der Waals surface area contributed by atoms with Crippen LogP contribution in [0.25, 0.3) is 0 Å². The minimum Gasteiger partial charge on any atom is -0.314 e. The molecule has 3 fully saturated rings. The highest BCUT2D eigenvalue weighted by Crippen LogP contribution is 2.48. The van der Waals surface area contributed by atoms with Gasteiger partial charge in [0.15, 0.2) is 0 Å². The molecule has 0 aromatic rings. The van der Waals surface area contributed by atoms with Crippen molar-refractivity contribution in [3.63, 3.8) is 0 Å². The molecule has 2 nitrogen and oxygen atoms in total. The smallest absolute Gasteiger partial charge is 0.0108 e. The first-order chi connectivity index (χ1) is 8.76. The summed E-state index contributed by atoms with van der Waals surface area (Å²) in [5.74, 6) is 3.22. The van der Waals surface area contributed by atoms with Gasteiger partial charge in [-0.25, -0.2) is 0 Å². The van der Waals surface area contributed by atoms with E-state index in [1.807, 2.05) is 0 Å². The van der Waals surface area contributed by atoms with E-state index in [9.17, 15) is 0 Å². The van der Waals surface area contributed by atoms with E-state index in [4.69, 9.17) is 0 Å². The summed E-state index contributed by atoms with van der Waals surface area (Å²) >= 11 is 0. The van der Waals surface area contributed by atoms with E-state index in [-0.39, 0.29) is 0 Å². The Morgan fingerprint density at radius 1 is 1.06 bits per heavy atom. The van der Waals surface area contributed by atoms with E-state index < -0.39 is 0 Å². The second kappa shape index (κ2) is 5.50. The summed E-state index contributed by atoms with van der Waals surface area (Å²) in [5.41, 5.74) is 0. The van der Waals surface area contributed by atoms with E-state index in [0.29, 0.717) is 0 Å². The predicted octanol–water partition coefficient (Wildman–Crippen LogP) is 2.89. The Labute approximate surface area is 113 Å². The fraction of sp³-hybridized carbons (Fsp3) is 1.00. The van der Waals surface area contributed by atoms with Gasteiger partial charge in [0.1, 0.15) is 0 Å². The maximum absolute atomic E-state index is 3.62. The molecule has 3 aliphatic rings. The summed E-state index contributed by atoms with van der Waals surface area (Å²) in [6.07, 6.45) is 10.4. The Balaban J connectivity index is 1.46. The van der Waals surface area contributed by atoms with E-state index in [1.54, 1.807) is 12.8 Å². The van der Waals surface area contributed by atoms with E-state index in [0.717, 1.165) is 36.4 Å². The summed E-state index contributed by atoms with van der Waals surface area (Å²) in [7, 11) is 2.38. The fourth-order valence-electron chi connectivity index (χ4n) is 4.95. The van der Waals surface area contributed by atoms with Crippen molar-refractivity contribution in [1.29, 1.82) is 0 Å². The number of fused-ring (bicyclic) bond motifs is 2. The fourth-order valence-corrected chi connectivity index (χ4v) is 4.95. The molecular weight excluding hydrogens is 220 g/mol. The monoisotopic (exact) mass is 250 g/mol. The molecule has 0 saturated heterocycles. The molecule has 0 radical (unpaired) electrons. The van der Waals surface area contributed by atoms with Crippen LogP contribution in [0.4, 0.5) is 0 Å². The average molecular weight is 250 g/mol. The third-order valence-corrected chi connectivity index (χ3v) is 5.93. The standard InChI is InChI=1S/C16H30N2/c1-3-17-15-6-7-16(10-15)18(2)11-14-9-12-4-5-13(14)8-12/h12-17H,3-11H2,1-2H3. The average Bonchev–Trinajstić information content (AvgIpc) is 3.04. The van der Waals surface area contributed by atoms with Gasteiger partial charge < -0.3 is 10.2 Å². The van der Waals surface area contributed by atoms with Crippen LogP contribution in [0.1, 0.15) is 51.9 Å². The summed E-state index contributed by atoms with van der Waals surface area (Å²) in [6, 6.07) is 1.65. The second-order valence-electron chi connectivity index (χ2n) is 7.10. The first-order valence-corrected chi connectivity index (χ1v) is 8.20. The molecule has 1 N–H and O–H groups in total. The maximum atomic E-state index is 3.62. The molecule has 0 heterocycles. The van der Waals surface area contributed by atoms with Crippen molar-refractivity contribution in [2.45, 2.75) is 64.0 Å². The maximum Gasteiger partial charge on any atom is 0.0108 e. The van der Waals surface area contributed by atoms with Crippen molar-refractivity contribution >= 4 is 0 Å². The van der Waals surface area contributed by atoms with Gasteiger partial charge in [-0.15, -0.1) is 0 Å². The molecule has 3 aliphatic carbocycles. The van der Waals surface area contributed by atoms with Gasteiger partial charge in [0, 0.05) is 18.6 Å². The molecule has 104 valence electrons. The molecule has 18 heavy (non-hydrogen) atoms. The number of nitrogens with one attached hydrogen (secondary N) is 1. The first kappa shape index (κ1) is 12.9. The van der Waals surface area contributed by atoms with Gasteiger partial charge in [0.25, 0.3) is 0 Å². The third-order valence-electron chi connectivity index (χ3n) is 5.93. The summed E-state index contributed by atoms with van der Waals surface area (Å²) in [4.78, 5) is 2.70. The highest BCUT2D eigenvalue weighted by atomic mass is 15.1. The summed E-state index contributed by atoms with van der Waals surface area (Å²) < 4.78 is 0. The van der Waals surface area contributed by atoms with Gasteiger partial charge in [-0.05, 0) is 69.9 Å². The van der Waals surface area contributed by atoms with Crippen molar-refractivity contribution < 1.29 is 0 Å². The predicted molar refractivity (Wildman–Crippen MR) is 76.7 cm³/mol. The molecule has 5 unspecified atom stereocenters. The zero-order chi connectivity index (χ0) is 12.5. The van der Waals surface area contributed by atoms with Crippen molar-refractivity contribution in [3.05, 3.63) is 0 Å². The lowest BCUT2D eigenvalue weighted by atomic mass is 9.88. The molecular formula is C16H30N2. The Morgan fingerprint density at radius 2 is 1.94 bits per heavy atom. The van der Waals surface area contributed by atoms with Gasteiger partial charge in [-0.2, -0.15) is 0 Å². The number of hydrogen-bond donors (Lipinski definition) is 1. The first-order valence-electron chi connectivity index (χ1n) is 8.20. The van der Waals surface area contributed by atoms with Crippen molar-refractivity contribution in [1.82, 2.24) is 10.2 Å². The van der Waals surface area contributed by atoms with Crippen molar-refractivity contribution in [2.75, 3.05) is 20.1 Å². The molecule has 2 bridgehead atoms. The van der Waals surface area contributed by atoms with Crippen LogP contribution in [0, 0.1) is 17.8 Å². The van der Waals surface area contributed by atoms with Crippen LogP contribution in [0.2, 0.25) is 0 Å². The molecule has 0 amide bonds. The lowest BCUT2D eigenvalue weighted by molar-refractivity contribution is 0.172. The molecule has 0 aromatic heterocycles. The Kier molecular flexibility index (Phi) is 3.95. The Hall–Kier alpha value is -0.0800. The number of rotatable bonds is 5. The van der Waals surface area contributed by atoms with Crippen molar-refractivity contribution in [3.8, 4) is 0 Å². The second-order valence-corrected chi connectivity index (χ2v) is 7.10. The van der Waals surface area contributed by atoms with Crippen LogP contribution in [-0.2, 0) is 0 Å². The molecule has 5 atom stereocenters. The van der Waals surface area contributed by atoms with E-state index >= 15 is 0 Å². The lowest BCUT2D eigenvalue weighted by Gasteiger charge is -2.31. The topological polar surface area (TPSA) is 15.3 Å². The van der Waals surface area contributed by atoms with Gasteiger partial charge in [0.2, 0.25) is 0 Å². The van der Waals surface area contributed by atoms with Gasteiger partial charge >= 0.3 is 0 Å². The van der Waals surface area contributed by atoms with Crippen LogP contribution in [0.5, 0.6) is 0 Å². The molecule has 0 aliphatic heterocycles. The Morgan fingerprint density at radius 3 is 2.61 bits per heavy atom. The zero-order valence-corrected chi connectivity index (χ0v) is 12.2. The highest BCUT2D eigenvalue weighted by molar-refractivity contribution is 4.93.